The minimum Gasteiger partial charge on any atom is -0.481 e. The number of aliphatic hydroxyl groups is 1. The SMILES string of the molecule is CC(C)(C)OC(=O)N1CC[C@H](C(=O)O)[C@@H](CO)C1. The summed E-state index contributed by atoms with van der Waals surface area (Å²) in [5.41, 5.74) is -0.574. The van der Waals surface area contributed by atoms with Gasteiger partial charge in [0, 0.05) is 25.6 Å². The first-order chi connectivity index (χ1) is 8.24. The van der Waals surface area contributed by atoms with Gasteiger partial charge in [-0.15, -0.1) is 0 Å². The Morgan fingerprint density at radius 3 is 2.44 bits per heavy atom. The summed E-state index contributed by atoms with van der Waals surface area (Å²) in [7, 11) is 0. The van der Waals surface area contributed by atoms with Gasteiger partial charge in [0.15, 0.2) is 0 Å². The van der Waals surface area contributed by atoms with Gasteiger partial charge >= 0.3 is 12.1 Å². The molecule has 1 saturated heterocycles. The van der Waals surface area contributed by atoms with Crippen LogP contribution in [0.15, 0.2) is 0 Å². The number of likely N-dealkylation sites (tertiary alicyclic amines) is 1. The number of amides is 1. The number of carbonyl (C=O) groups excluding carboxylic acids is 1. The molecule has 1 amide bonds. The Balaban J connectivity index is 2.62. The zero-order valence-electron chi connectivity index (χ0n) is 11.0. The Morgan fingerprint density at radius 2 is 2.00 bits per heavy atom. The smallest absolute Gasteiger partial charge is 0.410 e. The Morgan fingerprint density at radius 1 is 1.39 bits per heavy atom. The van der Waals surface area contributed by atoms with Crippen molar-refractivity contribution in [3.63, 3.8) is 0 Å². The number of aliphatic hydroxyl groups excluding tert-OH is 1. The van der Waals surface area contributed by atoms with E-state index in [1.165, 1.54) is 4.90 Å². The minimum absolute atomic E-state index is 0.225. The third-order valence-corrected chi connectivity index (χ3v) is 2.94. The van der Waals surface area contributed by atoms with Gasteiger partial charge < -0.3 is 19.8 Å². The number of aliphatic carboxylic acids is 1. The molecule has 0 spiro atoms. The van der Waals surface area contributed by atoms with Crippen molar-refractivity contribution in [2.24, 2.45) is 11.8 Å². The molecule has 104 valence electrons. The van der Waals surface area contributed by atoms with Crippen LogP contribution in [0.5, 0.6) is 0 Å². The second-order valence-corrected chi connectivity index (χ2v) is 5.60. The lowest BCUT2D eigenvalue weighted by Crippen LogP contribution is -2.48. The van der Waals surface area contributed by atoms with E-state index in [9.17, 15) is 14.7 Å². The summed E-state index contributed by atoms with van der Waals surface area (Å²) >= 11 is 0. The van der Waals surface area contributed by atoms with Gasteiger partial charge in [0.2, 0.25) is 0 Å². The maximum absolute atomic E-state index is 11.8. The Labute approximate surface area is 107 Å². The summed E-state index contributed by atoms with van der Waals surface area (Å²) in [5.74, 6) is -1.93. The first kappa shape index (κ1) is 14.8. The fraction of sp³-hybridized carbons (Fsp3) is 0.833. The molecule has 1 fully saturated rings. The van der Waals surface area contributed by atoms with Crippen LogP contribution in [-0.2, 0) is 9.53 Å². The van der Waals surface area contributed by atoms with Gasteiger partial charge in [0.25, 0.3) is 0 Å². The Kier molecular flexibility index (Phi) is 4.56. The standard InChI is InChI=1S/C12H21NO5/c1-12(2,3)18-11(17)13-5-4-9(10(15)16)8(6-13)7-14/h8-9,14H,4-7H2,1-3H3,(H,15,16)/t8-,9+/m1/s1. The van der Waals surface area contributed by atoms with Crippen molar-refractivity contribution in [1.82, 2.24) is 4.90 Å². The van der Waals surface area contributed by atoms with Crippen LogP contribution < -0.4 is 0 Å². The topological polar surface area (TPSA) is 87.1 Å². The summed E-state index contributed by atoms with van der Waals surface area (Å²) in [6.07, 6.45) is -0.107. The van der Waals surface area contributed by atoms with E-state index in [4.69, 9.17) is 9.84 Å². The lowest BCUT2D eigenvalue weighted by Gasteiger charge is -2.36. The highest BCUT2D eigenvalue weighted by Gasteiger charge is 2.36. The van der Waals surface area contributed by atoms with E-state index in [-0.39, 0.29) is 13.2 Å². The molecule has 0 aromatic rings. The number of rotatable bonds is 2. The van der Waals surface area contributed by atoms with Crippen molar-refractivity contribution in [3.05, 3.63) is 0 Å². The molecule has 0 bridgehead atoms. The van der Waals surface area contributed by atoms with Crippen molar-refractivity contribution in [2.45, 2.75) is 32.8 Å². The summed E-state index contributed by atoms with van der Waals surface area (Å²) in [6.45, 7) is 5.66. The molecule has 0 aromatic carbocycles. The average molecular weight is 259 g/mol. The van der Waals surface area contributed by atoms with Crippen LogP contribution in [0.4, 0.5) is 4.79 Å². The third-order valence-electron chi connectivity index (χ3n) is 2.94. The highest BCUT2D eigenvalue weighted by atomic mass is 16.6. The molecule has 2 N–H and O–H groups in total. The zero-order valence-corrected chi connectivity index (χ0v) is 11.0. The van der Waals surface area contributed by atoms with Crippen LogP contribution in [0.1, 0.15) is 27.2 Å². The van der Waals surface area contributed by atoms with Crippen molar-refractivity contribution in [1.29, 1.82) is 0 Å². The number of carboxylic acids is 1. The maximum Gasteiger partial charge on any atom is 0.410 e. The molecule has 1 aliphatic rings. The largest absolute Gasteiger partial charge is 0.481 e. The van der Waals surface area contributed by atoms with Gasteiger partial charge in [-0.25, -0.2) is 4.79 Å². The fourth-order valence-electron chi connectivity index (χ4n) is 2.03. The van der Waals surface area contributed by atoms with Crippen molar-refractivity contribution >= 4 is 12.1 Å². The van der Waals surface area contributed by atoms with Crippen LogP contribution in [0.3, 0.4) is 0 Å². The molecule has 0 aliphatic carbocycles. The van der Waals surface area contributed by atoms with Gasteiger partial charge in [0.1, 0.15) is 5.60 Å². The fourth-order valence-corrected chi connectivity index (χ4v) is 2.03. The van der Waals surface area contributed by atoms with Gasteiger partial charge in [-0.3, -0.25) is 4.79 Å². The predicted octanol–water partition coefficient (Wildman–Crippen LogP) is 0.936. The number of hydrogen-bond acceptors (Lipinski definition) is 4. The van der Waals surface area contributed by atoms with Gasteiger partial charge in [-0.1, -0.05) is 0 Å². The highest BCUT2D eigenvalue weighted by molar-refractivity contribution is 5.72. The maximum atomic E-state index is 11.8. The van der Waals surface area contributed by atoms with Crippen LogP contribution >= 0.6 is 0 Å². The van der Waals surface area contributed by atoms with Gasteiger partial charge in [-0.05, 0) is 27.2 Å². The third kappa shape index (κ3) is 3.87. The van der Waals surface area contributed by atoms with Gasteiger partial charge in [-0.2, -0.15) is 0 Å². The number of piperidine rings is 1. The molecular formula is C12H21NO5. The minimum atomic E-state index is -0.919. The van der Waals surface area contributed by atoms with Gasteiger partial charge in [0.05, 0.1) is 5.92 Å². The van der Waals surface area contributed by atoms with E-state index in [1.807, 2.05) is 0 Å². The first-order valence-electron chi connectivity index (χ1n) is 6.06. The first-order valence-corrected chi connectivity index (χ1v) is 6.06. The normalized spacial score (nSPS) is 24.8. The van der Waals surface area contributed by atoms with Crippen LogP contribution in [-0.4, -0.2) is 52.5 Å². The number of hydrogen-bond donors (Lipinski definition) is 2. The molecule has 6 nitrogen and oxygen atoms in total. The molecule has 1 heterocycles. The lowest BCUT2D eigenvalue weighted by atomic mass is 9.86. The van der Waals surface area contributed by atoms with E-state index in [2.05, 4.69) is 0 Å². The zero-order chi connectivity index (χ0) is 13.9. The predicted molar refractivity (Wildman–Crippen MR) is 64.1 cm³/mol. The molecule has 2 atom stereocenters. The summed E-state index contributed by atoms with van der Waals surface area (Å²) in [4.78, 5) is 24.3. The number of carboxylic acid groups (broad SMARTS) is 1. The molecular weight excluding hydrogens is 238 g/mol. The number of carbonyl (C=O) groups is 2. The highest BCUT2D eigenvalue weighted by Crippen LogP contribution is 2.25. The Hall–Kier alpha value is -1.30. The summed E-state index contributed by atoms with van der Waals surface area (Å²) < 4.78 is 5.22. The summed E-state index contributed by atoms with van der Waals surface area (Å²) in [5, 5.41) is 18.2. The number of ether oxygens (including phenoxy) is 1. The van der Waals surface area contributed by atoms with Crippen LogP contribution in [0, 0.1) is 11.8 Å². The molecule has 1 rings (SSSR count). The van der Waals surface area contributed by atoms with E-state index in [0.29, 0.717) is 13.0 Å². The molecule has 0 aromatic heterocycles. The number of nitrogens with zero attached hydrogens (tertiary/aromatic N) is 1. The van der Waals surface area contributed by atoms with Crippen molar-refractivity contribution in [2.75, 3.05) is 19.7 Å². The average Bonchev–Trinajstić information content (AvgIpc) is 2.25. The molecule has 0 unspecified atom stereocenters. The molecule has 0 saturated carbocycles. The van der Waals surface area contributed by atoms with E-state index >= 15 is 0 Å². The molecule has 6 heteroatoms. The van der Waals surface area contributed by atoms with Crippen molar-refractivity contribution in [3.8, 4) is 0 Å². The lowest BCUT2D eigenvalue weighted by molar-refractivity contribution is -0.146. The Bertz CT molecular complexity index is 323. The second-order valence-electron chi connectivity index (χ2n) is 5.60. The van der Waals surface area contributed by atoms with E-state index in [1.54, 1.807) is 20.8 Å². The van der Waals surface area contributed by atoms with Crippen LogP contribution in [0.2, 0.25) is 0 Å². The monoisotopic (exact) mass is 259 g/mol. The van der Waals surface area contributed by atoms with E-state index in [0.717, 1.165) is 0 Å². The van der Waals surface area contributed by atoms with Crippen LogP contribution in [0.25, 0.3) is 0 Å². The molecule has 1 aliphatic heterocycles. The quantitative estimate of drug-likeness (QED) is 0.770. The van der Waals surface area contributed by atoms with Crippen molar-refractivity contribution < 1.29 is 24.5 Å². The molecule has 18 heavy (non-hydrogen) atoms. The van der Waals surface area contributed by atoms with E-state index < -0.39 is 29.5 Å². The second kappa shape index (κ2) is 5.56. The molecule has 0 radical (unpaired) electrons. The summed E-state index contributed by atoms with van der Waals surface area (Å²) in [6, 6.07) is 0.